The summed E-state index contributed by atoms with van der Waals surface area (Å²) in [6, 6.07) is 0. The van der Waals surface area contributed by atoms with Crippen LogP contribution >= 0.6 is 0 Å². The molecule has 1 aliphatic heterocycles. The molecule has 0 aromatic heterocycles. The highest BCUT2D eigenvalue weighted by molar-refractivity contribution is 4.69. The van der Waals surface area contributed by atoms with Crippen LogP contribution < -0.4 is 5.32 Å². The number of piperidine rings is 1. The van der Waals surface area contributed by atoms with E-state index < -0.39 is 0 Å². The van der Waals surface area contributed by atoms with Gasteiger partial charge < -0.3 is 5.32 Å². The minimum Gasteiger partial charge on any atom is -0.317 e. The van der Waals surface area contributed by atoms with Gasteiger partial charge in [0.2, 0.25) is 0 Å². The van der Waals surface area contributed by atoms with Crippen LogP contribution in [0.5, 0.6) is 0 Å². The Morgan fingerprint density at radius 2 is 2.10 bits per heavy atom. The predicted octanol–water partition coefficient (Wildman–Crippen LogP) is 1.20. The summed E-state index contributed by atoms with van der Waals surface area (Å²) in [7, 11) is 0. The molecule has 0 aliphatic carbocycles. The third kappa shape index (κ3) is 2.67. The van der Waals surface area contributed by atoms with Crippen LogP contribution in [0.3, 0.4) is 0 Å². The third-order valence-corrected chi connectivity index (χ3v) is 2.12. The number of hydrogen-bond donors (Lipinski definition) is 1. The zero-order valence-electron chi connectivity index (χ0n) is 6.60. The van der Waals surface area contributed by atoms with Gasteiger partial charge in [-0.2, -0.15) is 0 Å². The summed E-state index contributed by atoms with van der Waals surface area (Å²) in [4.78, 5) is 0. The number of rotatable bonds is 2. The fourth-order valence-electron chi connectivity index (χ4n) is 1.59. The second-order valence-corrected chi connectivity index (χ2v) is 3.24. The molecule has 1 saturated heterocycles. The van der Waals surface area contributed by atoms with Crippen molar-refractivity contribution in [2.75, 3.05) is 13.1 Å². The predicted molar refractivity (Wildman–Crippen MR) is 40.4 cm³/mol. The van der Waals surface area contributed by atoms with Gasteiger partial charge in [0.15, 0.2) is 0 Å². The summed E-state index contributed by atoms with van der Waals surface area (Å²) in [5.41, 5.74) is 0. The SMILES string of the molecule is CC([O])CC1CCNCC1. The van der Waals surface area contributed by atoms with Crippen LogP contribution in [0.4, 0.5) is 0 Å². The highest BCUT2D eigenvalue weighted by Gasteiger charge is 2.14. The zero-order valence-corrected chi connectivity index (χ0v) is 6.60. The fourth-order valence-corrected chi connectivity index (χ4v) is 1.59. The van der Waals surface area contributed by atoms with Crippen LogP contribution in [0, 0.1) is 5.92 Å². The molecule has 2 heteroatoms. The second kappa shape index (κ2) is 3.94. The van der Waals surface area contributed by atoms with Gasteiger partial charge in [-0.05, 0) is 45.2 Å². The second-order valence-electron chi connectivity index (χ2n) is 3.24. The van der Waals surface area contributed by atoms with Crippen molar-refractivity contribution in [3.8, 4) is 0 Å². The molecule has 1 fully saturated rings. The van der Waals surface area contributed by atoms with Gasteiger partial charge in [0.1, 0.15) is 0 Å². The number of nitrogens with one attached hydrogen (secondary N) is 1. The number of hydrogen-bond acceptors (Lipinski definition) is 1. The van der Waals surface area contributed by atoms with Crippen molar-refractivity contribution in [3.63, 3.8) is 0 Å². The van der Waals surface area contributed by atoms with E-state index in [1.165, 1.54) is 12.8 Å². The van der Waals surface area contributed by atoms with Gasteiger partial charge in [-0.3, -0.25) is 0 Å². The maximum atomic E-state index is 10.8. The van der Waals surface area contributed by atoms with E-state index in [0.29, 0.717) is 5.92 Å². The van der Waals surface area contributed by atoms with E-state index in [1.54, 1.807) is 6.92 Å². The topological polar surface area (TPSA) is 31.9 Å². The van der Waals surface area contributed by atoms with E-state index in [1.807, 2.05) is 0 Å². The van der Waals surface area contributed by atoms with Gasteiger partial charge in [-0.15, -0.1) is 0 Å². The zero-order chi connectivity index (χ0) is 7.40. The van der Waals surface area contributed by atoms with Crippen LogP contribution in [0.2, 0.25) is 0 Å². The normalized spacial score (nSPS) is 24.6. The van der Waals surface area contributed by atoms with Crippen LogP contribution in [-0.4, -0.2) is 19.2 Å². The summed E-state index contributed by atoms with van der Waals surface area (Å²) >= 11 is 0. The molecule has 0 aromatic carbocycles. The molecule has 1 N–H and O–H groups in total. The Kier molecular flexibility index (Phi) is 3.16. The van der Waals surface area contributed by atoms with E-state index in [9.17, 15) is 5.11 Å². The summed E-state index contributed by atoms with van der Waals surface area (Å²) in [6.07, 6.45) is 2.92. The maximum Gasteiger partial charge on any atom is 0.0904 e. The molecule has 10 heavy (non-hydrogen) atoms. The fraction of sp³-hybridized carbons (Fsp3) is 1.00. The Labute approximate surface area is 62.6 Å². The average molecular weight is 142 g/mol. The van der Waals surface area contributed by atoms with Gasteiger partial charge in [0.05, 0.1) is 6.10 Å². The Morgan fingerprint density at radius 1 is 1.50 bits per heavy atom. The standard InChI is InChI=1S/C8H16NO/c1-7(10)6-8-2-4-9-5-3-8/h7-9H,2-6H2,1H3. The van der Waals surface area contributed by atoms with Crippen molar-refractivity contribution in [1.29, 1.82) is 0 Å². The lowest BCUT2D eigenvalue weighted by molar-refractivity contribution is 0.0761. The molecule has 0 bridgehead atoms. The molecule has 0 saturated carbocycles. The van der Waals surface area contributed by atoms with Crippen molar-refractivity contribution < 1.29 is 5.11 Å². The third-order valence-electron chi connectivity index (χ3n) is 2.12. The molecule has 0 aromatic rings. The van der Waals surface area contributed by atoms with Gasteiger partial charge in [-0.25, -0.2) is 5.11 Å². The lowest BCUT2D eigenvalue weighted by atomic mass is 9.93. The van der Waals surface area contributed by atoms with E-state index in [0.717, 1.165) is 19.5 Å². The van der Waals surface area contributed by atoms with Crippen molar-refractivity contribution in [2.24, 2.45) is 5.92 Å². The van der Waals surface area contributed by atoms with Crippen LogP contribution in [-0.2, 0) is 5.11 Å². The average Bonchev–Trinajstić information content (AvgIpc) is 1.88. The molecular weight excluding hydrogens is 126 g/mol. The largest absolute Gasteiger partial charge is 0.317 e. The van der Waals surface area contributed by atoms with Crippen molar-refractivity contribution >= 4 is 0 Å². The highest BCUT2D eigenvalue weighted by atomic mass is 16.3. The molecule has 59 valence electrons. The minimum absolute atomic E-state index is 0.358. The Balaban J connectivity index is 2.13. The smallest absolute Gasteiger partial charge is 0.0904 e. The van der Waals surface area contributed by atoms with Gasteiger partial charge >= 0.3 is 0 Å². The quantitative estimate of drug-likeness (QED) is 0.617. The van der Waals surface area contributed by atoms with E-state index in [-0.39, 0.29) is 6.10 Å². The van der Waals surface area contributed by atoms with Crippen molar-refractivity contribution in [3.05, 3.63) is 0 Å². The Hall–Kier alpha value is -0.0800. The molecule has 1 unspecified atom stereocenters. The first kappa shape index (κ1) is 8.02. The van der Waals surface area contributed by atoms with Crippen molar-refractivity contribution in [2.45, 2.75) is 32.3 Å². The minimum atomic E-state index is -0.358. The van der Waals surface area contributed by atoms with Gasteiger partial charge in [0.25, 0.3) is 0 Å². The molecule has 0 amide bonds. The first-order valence-electron chi connectivity index (χ1n) is 4.15. The first-order valence-corrected chi connectivity index (χ1v) is 4.15. The summed E-state index contributed by atoms with van der Waals surface area (Å²) in [5, 5.41) is 14.1. The van der Waals surface area contributed by atoms with Gasteiger partial charge in [-0.1, -0.05) is 0 Å². The van der Waals surface area contributed by atoms with Crippen LogP contribution in [0.1, 0.15) is 26.2 Å². The molecule has 1 rings (SSSR count). The van der Waals surface area contributed by atoms with Crippen LogP contribution in [0.15, 0.2) is 0 Å². The molecule has 0 spiro atoms. The van der Waals surface area contributed by atoms with E-state index >= 15 is 0 Å². The van der Waals surface area contributed by atoms with Crippen molar-refractivity contribution in [1.82, 2.24) is 5.32 Å². The summed E-state index contributed by atoms with van der Waals surface area (Å²) in [5.74, 6) is 0.703. The Bertz CT molecular complexity index is 87.3. The summed E-state index contributed by atoms with van der Waals surface area (Å²) in [6.45, 7) is 3.98. The molecule has 1 heterocycles. The van der Waals surface area contributed by atoms with E-state index in [2.05, 4.69) is 5.32 Å². The monoisotopic (exact) mass is 142 g/mol. The lowest BCUT2D eigenvalue weighted by Crippen LogP contribution is -2.29. The molecule has 2 nitrogen and oxygen atoms in total. The molecule has 1 radical (unpaired) electrons. The highest BCUT2D eigenvalue weighted by Crippen LogP contribution is 2.17. The molecule has 1 aliphatic rings. The van der Waals surface area contributed by atoms with Crippen LogP contribution in [0.25, 0.3) is 0 Å². The first-order chi connectivity index (χ1) is 4.79. The molecular formula is C8H16NO. The van der Waals surface area contributed by atoms with Gasteiger partial charge in [0, 0.05) is 0 Å². The lowest BCUT2D eigenvalue weighted by Gasteiger charge is -2.22. The molecule has 1 atom stereocenters. The summed E-state index contributed by atoms with van der Waals surface area (Å²) < 4.78 is 0. The maximum absolute atomic E-state index is 10.8. The Morgan fingerprint density at radius 3 is 2.60 bits per heavy atom. The van der Waals surface area contributed by atoms with E-state index in [4.69, 9.17) is 0 Å².